The van der Waals surface area contributed by atoms with Gasteiger partial charge in [-0.25, -0.2) is 0 Å². The fraction of sp³-hybridized carbons (Fsp3) is 0.433. The van der Waals surface area contributed by atoms with Crippen LogP contribution in [0.1, 0.15) is 53.7 Å². The number of nitriles is 1. The number of nitrogens with zero attached hydrogens (tertiary/aromatic N) is 2. The van der Waals surface area contributed by atoms with Crippen molar-refractivity contribution in [1.82, 2.24) is 9.62 Å². The molecule has 3 rings (SSSR count). The van der Waals surface area contributed by atoms with Crippen LogP contribution in [0.25, 0.3) is 29.6 Å². The molecule has 2 heterocycles. The van der Waals surface area contributed by atoms with E-state index in [1.54, 1.807) is 0 Å². The minimum absolute atomic E-state index is 0.0841. The smallest absolute Gasteiger partial charge is 0.134 e. The van der Waals surface area contributed by atoms with Crippen molar-refractivity contribution in [3.8, 4) is 17.4 Å². The molecule has 2 aromatic rings. The van der Waals surface area contributed by atoms with E-state index in [9.17, 15) is 10.4 Å². The van der Waals surface area contributed by atoms with Gasteiger partial charge in [0.05, 0.1) is 13.2 Å². The Hall–Kier alpha value is -2.76. The second-order valence-corrected chi connectivity index (χ2v) is 9.98. The monoisotopic (exact) mass is 523 g/mol. The van der Waals surface area contributed by atoms with Crippen molar-refractivity contribution in [1.29, 1.82) is 5.26 Å². The quantitative estimate of drug-likeness (QED) is 0.351. The number of furan rings is 1. The molecule has 0 aliphatic carbocycles. The molecule has 1 aromatic heterocycles. The van der Waals surface area contributed by atoms with Crippen molar-refractivity contribution in [3.05, 3.63) is 63.2 Å². The third-order valence-corrected chi connectivity index (χ3v) is 7.24. The average Bonchev–Trinajstić information content (AvgIpc) is 3.40. The third kappa shape index (κ3) is 8.65. The highest BCUT2D eigenvalue weighted by atomic mass is 32.2. The molecule has 0 bridgehead atoms. The van der Waals surface area contributed by atoms with Crippen molar-refractivity contribution in [3.63, 3.8) is 0 Å². The number of aliphatic hydroxyl groups excluding tert-OH is 1. The summed E-state index contributed by atoms with van der Waals surface area (Å²) in [5.41, 5.74) is 2.57. The van der Waals surface area contributed by atoms with Crippen LogP contribution in [0.5, 0.6) is 0 Å². The van der Waals surface area contributed by atoms with Gasteiger partial charge >= 0.3 is 0 Å². The molecular formula is C30H41N3O3S. The highest BCUT2D eigenvalue weighted by Gasteiger charge is 2.19. The second-order valence-electron chi connectivity index (χ2n) is 9.16. The van der Waals surface area contributed by atoms with Gasteiger partial charge in [-0.05, 0) is 80.8 Å². The summed E-state index contributed by atoms with van der Waals surface area (Å²) >= 11 is 1.27. The fourth-order valence-corrected chi connectivity index (χ4v) is 4.53. The average molecular weight is 524 g/mol. The number of rotatable bonds is 9. The van der Waals surface area contributed by atoms with Gasteiger partial charge in [-0.1, -0.05) is 38.6 Å². The number of hydrogen-bond acceptors (Lipinski definition) is 7. The lowest BCUT2D eigenvalue weighted by atomic mass is 10.0. The molecule has 0 radical (unpaired) electrons. The Kier molecular flexibility index (Phi) is 12.2. The molecule has 37 heavy (non-hydrogen) atoms. The molecule has 0 spiro atoms. The van der Waals surface area contributed by atoms with E-state index in [0.29, 0.717) is 17.1 Å². The molecule has 0 saturated carbocycles. The maximum absolute atomic E-state index is 9.68. The molecule has 2 N–H and O–H groups in total. The van der Waals surface area contributed by atoms with E-state index in [1.807, 2.05) is 58.9 Å². The van der Waals surface area contributed by atoms with Crippen LogP contribution < -0.4 is 15.2 Å². The molecule has 1 fully saturated rings. The Bertz CT molecular complexity index is 1230. The maximum atomic E-state index is 9.68. The first-order valence-corrected chi connectivity index (χ1v) is 13.7. The summed E-state index contributed by atoms with van der Waals surface area (Å²) in [6.07, 6.45) is 4.88. The Labute approximate surface area is 226 Å². The standard InChI is InChI=1S/C28H35N3O3S.C2H6/c1-6-24(31-12-15-33-16-13-31)18-22-7-8-23(17-20(22)2)26-10-9-25(34-26)21(3)27(19-29)35-30-28(4,5)11-14-32;1-2/h6-10,17-18,30,32H,2,11-16H2,1,3-5H3;1-2H3/b22-18-,24-6+,27-21+;. The number of morpholine rings is 1. The van der Waals surface area contributed by atoms with Crippen LogP contribution >= 0.6 is 11.9 Å². The van der Waals surface area contributed by atoms with E-state index in [2.05, 4.69) is 47.4 Å². The highest BCUT2D eigenvalue weighted by molar-refractivity contribution is 8.01. The molecule has 1 aliphatic rings. The van der Waals surface area contributed by atoms with Gasteiger partial charge in [-0.15, -0.1) is 0 Å². The van der Waals surface area contributed by atoms with E-state index in [4.69, 9.17) is 9.15 Å². The minimum Gasteiger partial charge on any atom is -0.456 e. The molecule has 6 nitrogen and oxygen atoms in total. The summed E-state index contributed by atoms with van der Waals surface area (Å²) in [5, 5.41) is 20.9. The van der Waals surface area contributed by atoms with Gasteiger partial charge in [0.2, 0.25) is 0 Å². The predicted octanol–water partition coefficient (Wildman–Crippen LogP) is 5.05. The summed E-state index contributed by atoms with van der Waals surface area (Å²) in [5.74, 6) is 1.38. The van der Waals surface area contributed by atoms with Crippen LogP contribution in [0.2, 0.25) is 0 Å². The number of nitrogens with one attached hydrogen (secondary N) is 1. The Morgan fingerprint density at radius 2 is 1.95 bits per heavy atom. The first-order chi connectivity index (χ1) is 17.8. The van der Waals surface area contributed by atoms with Gasteiger partial charge in [0.25, 0.3) is 0 Å². The molecule has 1 aromatic carbocycles. The van der Waals surface area contributed by atoms with Crippen LogP contribution in [-0.2, 0) is 4.74 Å². The molecule has 200 valence electrons. The normalized spacial score (nSPS) is 15.6. The van der Waals surface area contributed by atoms with Crippen molar-refractivity contribution in [2.24, 2.45) is 0 Å². The van der Waals surface area contributed by atoms with Crippen molar-refractivity contribution in [2.75, 3.05) is 32.9 Å². The second kappa shape index (κ2) is 14.8. The van der Waals surface area contributed by atoms with Gasteiger partial charge in [-0.3, -0.25) is 4.72 Å². The lowest BCUT2D eigenvalue weighted by Crippen LogP contribution is -2.36. The first kappa shape index (κ1) is 30.5. The van der Waals surface area contributed by atoms with Gasteiger partial charge in [-0.2, -0.15) is 5.26 Å². The molecule has 0 atom stereocenters. The number of hydrogen-bond donors (Lipinski definition) is 2. The van der Waals surface area contributed by atoms with Crippen LogP contribution in [0.15, 0.2) is 51.4 Å². The Balaban J connectivity index is 0.00000235. The number of allylic oxidation sites excluding steroid dienone is 4. The maximum Gasteiger partial charge on any atom is 0.134 e. The summed E-state index contributed by atoms with van der Waals surface area (Å²) in [6.45, 7) is 19.5. The van der Waals surface area contributed by atoms with Crippen LogP contribution in [0.4, 0.5) is 0 Å². The minimum atomic E-state index is -0.298. The van der Waals surface area contributed by atoms with Crippen molar-refractivity contribution >= 4 is 30.2 Å². The zero-order valence-corrected chi connectivity index (χ0v) is 23.9. The predicted molar refractivity (Wildman–Crippen MR) is 156 cm³/mol. The summed E-state index contributed by atoms with van der Waals surface area (Å²) in [6, 6.07) is 12.2. The van der Waals surface area contributed by atoms with Crippen molar-refractivity contribution in [2.45, 2.75) is 53.5 Å². The molecule has 0 amide bonds. The third-order valence-electron chi connectivity index (χ3n) is 5.99. The first-order valence-electron chi connectivity index (χ1n) is 12.8. The van der Waals surface area contributed by atoms with Gasteiger partial charge in [0, 0.05) is 42.1 Å². The summed E-state index contributed by atoms with van der Waals surface area (Å²) < 4.78 is 14.9. The van der Waals surface area contributed by atoms with Gasteiger partial charge in [0.15, 0.2) is 0 Å². The molecule has 1 saturated heterocycles. The number of benzene rings is 1. The van der Waals surface area contributed by atoms with Gasteiger partial charge in [0.1, 0.15) is 22.5 Å². The Morgan fingerprint density at radius 1 is 1.24 bits per heavy atom. The molecular weight excluding hydrogens is 482 g/mol. The molecule has 0 unspecified atom stereocenters. The summed E-state index contributed by atoms with van der Waals surface area (Å²) in [4.78, 5) is 2.86. The number of aliphatic hydroxyl groups is 1. The Morgan fingerprint density at radius 3 is 2.54 bits per heavy atom. The van der Waals surface area contributed by atoms with E-state index in [-0.39, 0.29) is 12.1 Å². The topological polar surface area (TPSA) is 81.7 Å². The van der Waals surface area contributed by atoms with E-state index < -0.39 is 0 Å². The van der Waals surface area contributed by atoms with E-state index in [0.717, 1.165) is 53.6 Å². The van der Waals surface area contributed by atoms with Crippen LogP contribution in [0.3, 0.4) is 0 Å². The number of ether oxygens (including phenoxy) is 1. The zero-order valence-electron chi connectivity index (χ0n) is 23.1. The fourth-order valence-electron chi connectivity index (χ4n) is 3.75. The van der Waals surface area contributed by atoms with Crippen molar-refractivity contribution < 1.29 is 14.3 Å². The molecule has 1 aliphatic heterocycles. The lowest BCUT2D eigenvalue weighted by molar-refractivity contribution is 0.0561. The van der Waals surface area contributed by atoms with Gasteiger partial charge < -0.3 is 19.2 Å². The zero-order chi connectivity index (χ0) is 27.4. The van der Waals surface area contributed by atoms with E-state index in [1.165, 1.54) is 17.6 Å². The highest BCUT2D eigenvalue weighted by Crippen LogP contribution is 2.30. The SMILES string of the molecule is C=c1cc(-c2ccc(/C(C)=C(\C#N)SNC(C)(C)CCO)o2)cc/c1=C/C(=C\C)N1CCOCC1.CC. The van der Waals surface area contributed by atoms with E-state index >= 15 is 0 Å². The molecule has 7 heteroatoms. The lowest BCUT2D eigenvalue weighted by Gasteiger charge is -2.29. The largest absolute Gasteiger partial charge is 0.456 e. The summed E-state index contributed by atoms with van der Waals surface area (Å²) in [7, 11) is 0. The van der Waals surface area contributed by atoms with Crippen LogP contribution in [-0.4, -0.2) is 48.5 Å². The van der Waals surface area contributed by atoms with Crippen LogP contribution in [0, 0.1) is 11.3 Å².